The Balaban J connectivity index is 0.00000242. The Kier molecular flexibility index (Phi) is 7.19. The molecule has 0 saturated carbocycles. The lowest BCUT2D eigenvalue weighted by Gasteiger charge is -2.37. The van der Waals surface area contributed by atoms with Crippen LogP contribution in [0.3, 0.4) is 0 Å². The monoisotopic (exact) mass is 334 g/mol. The molecule has 0 bridgehead atoms. The first-order valence-corrected chi connectivity index (χ1v) is 6.99. The van der Waals surface area contributed by atoms with Crippen LogP contribution in [-0.2, 0) is 4.74 Å². The molecule has 2 N–H and O–H groups in total. The summed E-state index contributed by atoms with van der Waals surface area (Å²) in [5.74, 6) is -2.07. The van der Waals surface area contributed by atoms with Crippen molar-refractivity contribution in [3.8, 4) is 0 Å². The van der Waals surface area contributed by atoms with Crippen molar-refractivity contribution >= 4 is 18.3 Å². The molecule has 1 aliphatic heterocycles. The van der Waals surface area contributed by atoms with E-state index in [1.165, 1.54) is 0 Å². The smallest absolute Gasteiger partial charge is 0.254 e. The number of hydrogen-bond donors (Lipinski definition) is 2. The number of piperidine rings is 1. The van der Waals surface area contributed by atoms with Crippen molar-refractivity contribution in [1.82, 2.24) is 10.6 Å². The van der Waals surface area contributed by atoms with Gasteiger partial charge in [-0.15, -0.1) is 12.4 Å². The van der Waals surface area contributed by atoms with Crippen LogP contribution in [0.5, 0.6) is 0 Å². The van der Waals surface area contributed by atoms with Gasteiger partial charge in [0.25, 0.3) is 5.91 Å². The molecular formula is C15H21ClF2N2O2. The van der Waals surface area contributed by atoms with Crippen molar-refractivity contribution in [2.75, 3.05) is 33.4 Å². The molecule has 1 aromatic rings. The van der Waals surface area contributed by atoms with Crippen LogP contribution in [0, 0.1) is 17.0 Å². The second-order valence-electron chi connectivity index (χ2n) is 5.49. The van der Waals surface area contributed by atoms with E-state index < -0.39 is 17.5 Å². The lowest BCUT2D eigenvalue weighted by atomic mass is 9.79. The van der Waals surface area contributed by atoms with Crippen molar-refractivity contribution < 1.29 is 18.3 Å². The van der Waals surface area contributed by atoms with E-state index in [0.717, 1.165) is 38.1 Å². The summed E-state index contributed by atoms with van der Waals surface area (Å²) < 4.78 is 31.7. The third kappa shape index (κ3) is 4.63. The Hall–Kier alpha value is -1.24. The third-order valence-electron chi connectivity index (χ3n) is 3.91. The molecule has 1 saturated heterocycles. The highest BCUT2D eigenvalue weighted by molar-refractivity contribution is 5.94. The van der Waals surface area contributed by atoms with Gasteiger partial charge in [-0.1, -0.05) is 0 Å². The summed E-state index contributed by atoms with van der Waals surface area (Å²) in [4.78, 5) is 12.0. The first-order chi connectivity index (χ1) is 10.1. The summed E-state index contributed by atoms with van der Waals surface area (Å²) in [5.41, 5.74) is -0.274. The van der Waals surface area contributed by atoms with Crippen molar-refractivity contribution in [3.05, 3.63) is 35.4 Å². The van der Waals surface area contributed by atoms with E-state index in [-0.39, 0.29) is 23.4 Å². The molecule has 1 aliphatic rings. The van der Waals surface area contributed by atoms with Crippen molar-refractivity contribution in [3.63, 3.8) is 0 Å². The lowest BCUT2D eigenvalue weighted by molar-refractivity contribution is 0.0511. The topological polar surface area (TPSA) is 50.4 Å². The SMILES string of the molecule is COCC1(CNC(=O)c2ccc(F)cc2F)CCNCC1.Cl. The number of carbonyl (C=O) groups is 1. The van der Waals surface area contributed by atoms with Gasteiger partial charge >= 0.3 is 0 Å². The molecule has 0 atom stereocenters. The van der Waals surface area contributed by atoms with Gasteiger partial charge in [-0.2, -0.15) is 0 Å². The van der Waals surface area contributed by atoms with Crippen molar-refractivity contribution in [2.45, 2.75) is 12.8 Å². The molecule has 1 amide bonds. The maximum atomic E-state index is 13.6. The molecule has 0 spiro atoms. The number of nitrogens with one attached hydrogen (secondary N) is 2. The summed E-state index contributed by atoms with van der Waals surface area (Å²) in [6.45, 7) is 2.69. The van der Waals surface area contributed by atoms with E-state index in [0.29, 0.717) is 19.2 Å². The van der Waals surface area contributed by atoms with E-state index in [1.54, 1.807) is 7.11 Å². The zero-order valence-corrected chi connectivity index (χ0v) is 13.3. The molecule has 22 heavy (non-hydrogen) atoms. The highest BCUT2D eigenvalue weighted by Crippen LogP contribution is 2.28. The zero-order valence-electron chi connectivity index (χ0n) is 12.5. The second kappa shape index (κ2) is 8.41. The van der Waals surface area contributed by atoms with Gasteiger partial charge in [0.1, 0.15) is 11.6 Å². The van der Waals surface area contributed by atoms with Crippen LogP contribution in [-0.4, -0.2) is 39.3 Å². The quantitative estimate of drug-likeness (QED) is 0.867. The minimum Gasteiger partial charge on any atom is -0.384 e. The molecule has 0 aromatic heterocycles. The average Bonchev–Trinajstić information content (AvgIpc) is 2.46. The fraction of sp³-hybridized carbons (Fsp3) is 0.533. The number of ether oxygens (including phenoxy) is 1. The Labute approximate surface area is 135 Å². The molecule has 2 rings (SSSR count). The van der Waals surface area contributed by atoms with E-state index in [4.69, 9.17) is 4.74 Å². The fourth-order valence-corrected chi connectivity index (χ4v) is 2.67. The van der Waals surface area contributed by atoms with Gasteiger partial charge in [-0.3, -0.25) is 4.79 Å². The Morgan fingerprint density at radius 2 is 2.05 bits per heavy atom. The number of amides is 1. The molecule has 0 unspecified atom stereocenters. The van der Waals surface area contributed by atoms with E-state index >= 15 is 0 Å². The summed E-state index contributed by atoms with van der Waals surface area (Å²) in [6, 6.07) is 2.95. The van der Waals surface area contributed by atoms with Crippen LogP contribution < -0.4 is 10.6 Å². The molecule has 1 fully saturated rings. The molecule has 124 valence electrons. The summed E-state index contributed by atoms with van der Waals surface area (Å²) in [6.07, 6.45) is 1.76. The summed E-state index contributed by atoms with van der Waals surface area (Å²) in [7, 11) is 1.63. The molecule has 0 radical (unpaired) electrons. The van der Waals surface area contributed by atoms with Crippen LogP contribution in [0.1, 0.15) is 23.2 Å². The van der Waals surface area contributed by atoms with Crippen LogP contribution in [0.15, 0.2) is 18.2 Å². The van der Waals surface area contributed by atoms with Gasteiger partial charge < -0.3 is 15.4 Å². The number of hydrogen-bond acceptors (Lipinski definition) is 3. The molecular weight excluding hydrogens is 314 g/mol. The fourth-order valence-electron chi connectivity index (χ4n) is 2.67. The number of halogens is 3. The first kappa shape index (κ1) is 18.8. The predicted octanol–water partition coefficient (Wildman–Crippen LogP) is 2.13. The van der Waals surface area contributed by atoms with Crippen LogP contribution in [0.25, 0.3) is 0 Å². The highest BCUT2D eigenvalue weighted by atomic mass is 35.5. The number of methoxy groups -OCH3 is 1. The van der Waals surface area contributed by atoms with Crippen molar-refractivity contribution in [2.24, 2.45) is 5.41 Å². The van der Waals surface area contributed by atoms with Gasteiger partial charge in [0.05, 0.1) is 12.2 Å². The van der Waals surface area contributed by atoms with E-state index in [2.05, 4.69) is 10.6 Å². The van der Waals surface area contributed by atoms with E-state index in [9.17, 15) is 13.6 Å². The van der Waals surface area contributed by atoms with Gasteiger partial charge in [0, 0.05) is 25.1 Å². The van der Waals surface area contributed by atoms with Crippen LogP contribution >= 0.6 is 12.4 Å². The minimum atomic E-state index is -0.849. The normalized spacial score (nSPS) is 16.7. The molecule has 1 aromatic carbocycles. The van der Waals surface area contributed by atoms with Crippen LogP contribution in [0.4, 0.5) is 8.78 Å². The molecule has 4 nitrogen and oxygen atoms in total. The number of benzene rings is 1. The lowest BCUT2D eigenvalue weighted by Crippen LogP contribution is -2.47. The third-order valence-corrected chi connectivity index (χ3v) is 3.91. The second-order valence-corrected chi connectivity index (χ2v) is 5.49. The summed E-state index contributed by atoms with van der Waals surface area (Å²) >= 11 is 0. The molecule has 7 heteroatoms. The summed E-state index contributed by atoms with van der Waals surface area (Å²) in [5, 5.41) is 6.01. The highest BCUT2D eigenvalue weighted by Gasteiger charge is 2.32. The van der Waals surface area contributed by atoms with E-state index in [1.807, 2.05) is 0 Å². The number of rotatable bonds is 5. The average molecular weight is 335 g/mol. The Morgan fingerprint density at radius 1 is 1.36 bits per heavy atom. The van der Waals surface area contributed by atoms with Crippen LogP contribution in [0.2, 0.25) is 0 Å². The Morgan fingerprint density at radius 3 is 2.64 bits per heavy atom. The molecule has 1 heterocycles. The largest absolute Gasteiger partial charge is 0.384 e. The van der Waals surface area contributed by atoms with Gasteiger partial charge in [-0.25, -0.2) is 8.78 Å². The standard InChI is InChI=1S/C15H20F2N2O2.ClH/c1-21-10-15(4-6-18-7-5-15)9-19-14(20)12-3-2-11(16)8-13(12)17;/h2-3,8,18H,4-7,9-10H2,1H3,(H,19,20);1H. The Bertz CT molecular complexity index is 503. The van der Waals surface area contributed by atoms with Gasteiger partial charge in [0.2, 0.25) is 0 Å². The van der Waals surface area contributed by atoms with Gasteiger partial charge in [0.15, 0.2) is 0 Å². The maximum Gasteiger partial charge on any atom is 0.254 e. The zero-order chi connectivity index (χ0) is 15.3. The van der Waals surface area contributed by atoms with Gasteiger partial charge in [-0.05, 0) is 38.1 Å². The predicted molar refractivity (Wildman–Crippen MR) is 82.4 cm³/mol. The minimum absolute atomic E-state index is 0. The first-order valence-electron chi connectivity index (χ1n) is 6.99. The molecule has 0 aliphatic carbocycles. The maximum absolute atomic E-state index is 13.6. The number of carbonyl (C=O) groups excluding carboxylic acids is 1. The van der Waals surface area contributed by atoms with Crippen molar-refractivity contribution in [1.29, 1.82) is 0 Å².